The van der Waals surface area contributed by atoms with E-state index in [0.717, 1.165) is 66.9 Å². The van der Waals surface area contributed by atoms with Crippen LogP contribution in [0.1, 0.15) is 60.3 Å². The van der Waals surface area contributed by atoms with Crippen LogP contribution in [0.3, 0.4) is 0 Å². The Morgan fingerprint density at radius 2 is 1.81 bits per heavy atom. The largest absolute Gasteiger partial charge is 0.321 e. The van der Waals surface area contributed by atoms with Crippen LogP contribution < -0.4 is 5.56 Å². The summed E-state index contributed by atoms with van der Waals surface area (Å²) in [5, 5.41) is 14.0. The average Bonchev–Trinajstić information content (AvgIpc) is 3.42. The fraction of sp³-hybridized carbons (Fsp3) is 0.565. The van der Waals surface area contributed by atoms with Crippen molar-refractivity contribution in [2.45, 2.75) is 51.6 Å². The summed E-state index contributed by atoms with van der Waals surface area (Å²) in [6.45, 7) is 7.82. The molecule has 8 heteroatoms. The Balaban J connectivity index is 1.66. The van der Waals surface area contributed by atoms with Crippen LogP contribution in [0.2, 0.25) is 0 Å². The lowest BCUT2D eigenvalue weighted by atomic mass is 10.00. The van der Waals surface area contributed by atoms with E-state index in [0.29, 0.717) is 6.04 Å². The molecule has 1 atom stereocenters. The predicted octanol–water partition coefficient (Wildman–Crippen LogP) is 2.58. The number of pyridine rings is 1. The fourth-order valence-corrected chi connectivity index (χ4v) is 5.28. The van der Waals surface area contributed by atoms with Gasteiger partial charge in [0.05, 0.1) is 11.6 Å². The van der Waals surface area contributed by atoms with Crippen molar-refractivity contribution in [3.8, 4) is 0 Å². The molecule has 1 N–H and O–H groups in total. The summed E-state index contributed by atoms with van der Waals surface area (Å²) in [6, 6.07) is 6.38. The molecule has 2 aliphatic rings. The Morgan fingerprint density at radius 1 is 1.06 bits per heavy atom. The summed E-state index contributed by atoms with van der Waals surface area (Å²) in [7, 11) is 2.14. The van der Waals surface area contributed by atoms with Crippen molar-refractivity contribution in [3.05, 3.63) is 51.1 Å². The molecule has 8 nitrogen and oxygen atoms in total. The highest BCUT2D eigenvalue weighted by Crippen LogP contribution is 2.34. The zero-order chi connectivity index (χ0) is 21.5. The summed E-state index contributed by atoms with van der Waals surface area (Å²) in [4.78, 5) is 21.2. The van der Waals surface area contributed by atoms with Crippen LogP contribution in [-0.4, -0.2) is 68.2 Å². The first-order valence-electron chi connectivity index (χ1n) is 11.4. The van der Waals surface area contributed by atoms with Crippen molar-refractivity contribution in [1.82, 2.24) is 35.0 Å². The van der Waals surface area contributed by atoms with E-state index in [1.165, 1.54) is 18.4 Å². The Hall–Kier alpha value is -2.58. The molecule has 0 unspecified atom stereocenters. The van der Waals surface area contributed by atoms with Gasteiger partial charge in [-0.2, -0.15) is 0 Å². The highest BCUT2D eigenvalue weighted by Gasteiger charge is 2.34. The molecule has 164 valence electrons. The number of aromatic amines is 1. The van der Waals surface area contributed by atoms with Gasteiger partial charge in [0.25, 0.3) is 5.56 Å². The van der Waals surface area contributed by atoms with Crippen LogP contribution >= 0.6 is 0 Å². The van der Waals surface area contributed by atoms with E-state index in [2.05, 4.69) is 62.5 Å². The molecular formula is C23H31N7O. The number of H-pyrrole nitrogens is 1. The number of nitrogens with zero attached hydrogens (tertiary/aromatic N) is 6. The minimum Gasteiger partial charge on any atom is -0.321 e. The van der Waals surface area contributed by atoms with Crippen molar-refractivity contribution in [2.75, 3.05) is 33.2 Å². The fourth-order valence-electron chi connectivity index (χ4n) is 5.28. The van der Waals surface area contributed by atoms with Gasteiger partial charge in [-0.25, -0.2) is 4.68 Å². The number of aryl methyl sites for hydroxylation is 2. The standard InChI is InChI=1S/C23H31N7O/c1-15-12-16(2)20-17(13-15)14-19(23(31)24-20)21(29-10-8-28(3)9-11-29)22-25-26-27-30(22)18-6-4-5-7-18/h12-14,18,21H,4-11H2,1-3H3,(H,24,31)/t21-/m0/s1. The van der Waals surface area contributed by atoms with Gasteiger partial charge in [0.2, 0.25) is 0 Å². The van der Waals surface area contributed by atoms with Gasteiger partial charge in [0, 0.05) is 31.7 Å². The first kappa shape index (κ1) is 20.3. The van der Waals surface area contributed by atoms with E-state index >= 15 is 0 Å². The number of hydrogen-bond acceptors (Lipinski definition) is 6. The second kappa shape index (κ2) is 8.16. The van der Waals surface area contributed by atoms with Crippen molar-refractivity contribution < 1.29 is 0 Å². The van der Waals surface area contributed by atoms with Crippen LogP contribution in [0.5, 0.6) is 0 Å². The molecule has 1 saturated heterocycles. The van der Waals surface area contributed by atoms with Crippen molar-refractivity contribution >= 4 is 10.9 Å². The number of benzene rings is 1. The Kier molecular flexibility index (Phi) is 5.35. The van der Waals surface area contributed by atoms with Crippen LogP contribution in [0.4, 0.5) is 0 Å². The highest BCUT2D eigenvalue weighted by atomic mass is 16.1. The summed E-state index contributed by atoms with van der Waals surface area (Å²) in [5.74, 6) is 0.797. The topological polar surface area (TPSA) is 82.9 Å². The molecule has 0 amide bonds. The summed E-state index contributed by atoms with van der Waals surface area (Å²) >= 11 is 0. The second-order valence-corrected chi connectivity index (χ2v) is 9.26. The maximum Gasteiger partial charge on any atom is 0.253 e. The zero-order valence-corrected chi connectivity index (χ0v) is 18.6. The van der Waals surface area contributed by atoms with Crippen LogP contribution in [-0.2, 0) is 0 Å². The van der Waals surface area contributed by atoms with E-state index in [1.807, 2.05) is 11.6 Å². The Labute approximate surface area is 182 Å². The molecule has 2 fully saturated rings. The van der Waals surface area contributed by atoms with E-state index in [4.69, 9.17) is 0 Å². The number of likely N-dealkylation sites (N-methyl/N-ethyl adjacent to an activating group) is 1. The van der Waals surface area contributed by atoms with Gasteiger partial charge in [-0.05, 0) is 67.2 Å². The number of hydrogen-bond donors (Lipinski definition) is 1. The number of piperazine rings is 1. The minimum absolute atomic E-state index is 0.0515. The van der Waals surface area contributed by atoms with Crippen molar-refractivity contribution in [1.29, 1.82) is 0 Å². The van der Waals surface area contributed by atoms with Crippen LogP contribution in [0.15, 0.2) is 23.0 Å². The van der Waals surface area contributed by atoms with Gasteiger partial charge < -0.3 is 9.88 Å². The number of tetrazole rings is 1. The molecule has 1 saturated carbocycles. The van der Waals surface area contributed by atoms with Gasteiger partial charge in [-0.15, -0.1) is 5.10 Å². The lowest BCUT2D eigenvalue weighted by Crippen LogP contribution is -2.47. The molecule has 31 heavy (non-hydrogen) atoms. The van der Waals surface area contributed by atoms with E-state index < -0.39 is 0 Å². The first-order valence-corrected chi connectivity index (χ1v) is 11.4. The second-order valence-electron chi connectivity index (χ2n) is 9.26. The van der Waals surface area contributed by atoms with Crippen molar-refractivity contribution in [2.24, 2.45) is 0 Å². The maximum atomic E-state index is 13.4. The van der Waals surface area contributed by atoms with Gasteiger partial charge in [-0.3, -0.25) is 9.69 Å². The van der Waals surface area contributed by atoms with Gasteiger partial charge in [0.1, 0.15) is 6.04 Å². The molecule has 2 aromatic heterocycles. The van der Waals surface area contributed by atoms with Gasteiger partial charge in [-0.1, -0.05) is 24.5 Å². The molecule has 1 aliphatic heterocycles. The first-order chi connectivity index (χ1) is 15.0. The third-order valence-electron chi connectivity index (χ3n) is 6.95. The maximum absolute atomic E-state index is 13.4. The van der Waals surface area contributed by atoms with Gasteiger partial charge in [0.15, 0.2) is 5.82 Å². The Bertz CT molecular complexity index is 1140. The summed E-state index contributed by atoms with van der Waals surface area (Å²) in [5.41, 5.74) is 3.87. The molecule has 1 aromatic carbocycles. The number of nitrogens with one attached hydrogen (secondary N) is 1. The predicted molar refractivity (Wildman–Crippen MR) is 120 cm³/mol. The summed E-state index contributed by atoms with van der Waals surface area (Å²) < 4.78 is 2.00. The molecule has 0 radical (unpaired) electrons. The highest BCUT2D eigenvalue weighted by molar-refractivity contribution is 5.83. The molecule has 5 rings (SSSR count). The average molecular weight is 422 g/mol. The minimum atomic E-state index is -0.252. The van der Waals surface area contributed by atoms with Crippen molar-refractivity contribution in [3.63, 3.8) is 0 Å². The molecule has 3 heterocycles. The molecule has 1 aliphatic carbocycles. The third-order valence-corrected chi connectivity index (χ3v) is 6.95. The Morgan fingerprint density at radius 3 is 2.55 bits per heavy atom. The molecular weight excluding hydrogens is 390 g/mol. The lowest BCUT2D eigenvalue weighted by molar-refractivity contribution is 0.120. The smallest absolute Gasteiger partial charge is 0.253 e. The van der Waals surface area contributed by atoms with Gasteiger partial charge >= 0.3 is 0 Å². The number of aromatic nitrogens is 5. The number of rotatable bonds is 4. The van der Waals surface area contributed by atoms with E-state index in [9.17, 15) is 4.79 Å². The van der Waals surface area contributed by atoms with Crippen LogP contribution in [0.25, 0.3) is 10.9 Å². The quantitative estimate of drug-likeness (QED) is 0.697. The summed E-state index contributed by atoms with van der Waals surface area (Å²) in [6.07, 6.45) is 4.61. The molecule has 0 spiro atoms. The van der Waals surface area contributed by atoms with E-state index in [1.54, 1.807) is 0 Å². The lowest BCUT2D eigenvalue weighted by Gasteiger charge is -2.37. The molecule has 0 bridgehead atoms. The van der Waals surface area contributed by atoms with Crippen LogP contribution in [0, 0.1) is 13.8 Å². The van der Waals surface area contributed by atoms with E-state index in [-0.39, 0.29) is 11.6 Å². The number of fused-ring (bicyclic) bond motifs is 1. The zero-order valence-electron chi connectivity index (χ0n) is 18.6. The SMILES string of the molecule is Cc1cc(C)c2[nH]c(=O)c([C@@H](c3nnnn3C3CCCC3)N3CCN(C)CC3)cc2c1. The monoisotopic (exact) mass is 421 g/mol. The normalized spacial score (nSPS) is 20.0. The molecule has 3 aromatic rings. The third kappa shape index (κ3) is 3.78.